The van der Waals surface area contributed by atoms with Crippen LogP contribution in [-0.4, -0.2) is 50.0 Å². The predicted molar refractivity (Wildman–Crippen MR) is 120 cm³/mol. The highest BCUT2D eigenvalue weighted by molar-refractivity contribution is 6.04. The van der Waals surface area contributed by atoms with Crippen LogP contribution in [0.1, 0.15) is 34.0 Å². The highest BCUT2D eigenvalue weighted by Crippen LogP contribution is 2.46. The first kappa shape index (κ1) is 22.1. The molecule has 2 aromatic carbocycles. The second-order valence-corrected chi connectivity index (χ2v) is 7.43. The molecule has 0 saturated heterocycles. The van der Waals surface area contributed by atoms with Crippen molar-refractivity contribution in [2.45, 2.75) is 12.3 Å². The molecule has 1 amide bonds. The molecule has 4 rings (SSSR count). The van der Waals surface area contributed by atoms with Crippen molar-refractivity contribution in [3.8, 4) is 28.7 Å². The van der Waals surface area contributed by atoms with Crippen LogP contribution in [0.3, 0.4) is 0 Å². The van der Waals surface area contributed by atoms with Crippen molar-refractivity contribution in [1.82, 2.24) is 4.57 Å². The van der Waals surface area contributed by atoms with E-state index in [9.17, 15) is 14.7 Å². The predicted octanol–water partition coefficient (Wildman–Crippen LogP) is 3.68. The molecule has 1 aliphatic heterocycles. The van der Waals surface area contributed by atoms with Gasteiger partial charge in [0.1, 0.15) is 28.6 Å². The average Bonchev–Trinajstić information content (AvgIpc) is 3.22. The van der Waals surface area contributed by atoms with Crippen LogP contribution in [-0.2, 0) is 4.79 Å². The van der Waals surface area contributed by atoms with E-state index in [2.05, 4.69) is 5.32 Å². The Bertz CT molecular complexity index is 1230. The normalized spacial score (nSPS) is 14.8. The second kappa shape index (κ2) is 8.78. The van der Waals surface area contributed by atoms with E-state index in [0.29, 0.717) is 39.9 Å². The van der Waals surface area contributed by atoms with Crippen molar-refractivity contribution >= 4 is 17.6 Å². The molecule has 9 nitrogen and oxygen atoms in total. The van der Waals surface area contributed by atoms with Crippen molar-refractivity contribution in [1.29, 1.82) is 0 Å². The van der Waals surface area contributed by atoms with Crippen molar-refractivity contribution < 1.29 is 33.6 Å². The van der Waals surface area contributed by atoms with Gasteiger partial charge in [-0.15, -0.1) is 0 Å². The van der Waals surface area contributed by atoms with Crippen molar-refractivity contribution in [2.75, 3.05) is 33.8 Å². The molecule has 2 N–H and O–H groups in total. The number of aromatic nitrogens is 1. The first-order chi connectivity index (χ1) is 15.9. The number of rotatable bonds is 7. The van der Waals surface area contributed by atoms with Gasteiger partial charge in [0, 0.05) is 30.2 Å². The average molecular weight is 452 g/mol. The highest BCUT2D eigenvalue weighted by atomic mass is 16.5. The zero-order valence-electron chi connectivity index (χ0n) is 18.7. The number of benzene rings is 2. The smallest absolute Gasteiger partial charge is 0.339 e. The molecule has 33 heavy (non-hydrogen) atoms. The van der Waals surface area contributed by atoms with Crippen molar-refractivity contribution in [3.05, 3.63) is 59.4 Å². The number of fused-ring (bicyclic) bond motifs is 1. The van der Waals surface area contributed by atoms with E-state index < -0.39 is 11.9 Å². The molecule has 0 bridgehead atoms. The first-order valence-corrected chi connectivity index (χ1v) is 10.1. The molecule has 3 aromatic rings. The summed E-state index contributed by atoms with van der Waals surface area (Å²) in [6, 6.07) is 10.6. The zero-order valence-corrected chi connectivity index (χ0v) is 18.7. The quantitative estimate of drug-likeness (QED) is 0.563. The summed E-state index contributed by atoms with van der Waals surface area (Å²) >= 11 is 0. The Kier molecular flexibility index (Phi) is 5.87. The number of hydrogen-bond acceptors (Lipinski definition) is 6. The number of hydrogen-bond donors (Lipinski definition) is 2. The first-order valence-electron chi connectivity index (χ1n) is 10.1. The van der Waals surface area contributed by atoms with Gasteiger partial charge in [-0.25, -0.2) is 4.79 Å². The Labute approximate surface area is 190 Å². The van der Waals surface area contributed by atoms with E-state index >= 15 is 0 Å². The Morgan fingerprint density at radius 1 is 0.970 bits per heavy atom. The Balaban J connectivity index is 2.04. The summed E-state index contributed by atoms with van der Waals surface area (Å²) in [5.74, 6) is 0.264. The van der Waals surface area contributed by atoms with E-state index in [0.717, 1.165) is 0 Å². The van der Waals surface area contributed by atoms with Crippen LogP contribution in [0.15, 0.2) is 42.6 Å². The number of amides is 1. The monoisotopic (exact) mass is 452 g/mol. The molecule has 0 radical (unpaired) electrons. The van der Waals surface area contributed by atoms with Gasteiger partial charge >= 0.3 is 5.97 Å². The summed E-state index contributed by atoms with van der Waals surface area (Å²) in [4.78, 5) is 24.8. The van der Waals surface area contributed by atoms with Crippen LogP contribution in [0, 0.1) is 0 Å². The topological polar surface area (TPSA) is 108 Å². The van der Waals surface area contributed by atoms with Gasteiger partial charge in [0.05, 0.1) is 45.5 Å². The van der Waals surface area contributed by atoms with E-state index in [-0.39, 0.29) is 23.6 Å². The maximum atomic E-state index is 12.7. The van der Waals surface area contributed by atoms with E-state index in [4.69, 9.17) is 18.9 Å². The molecule has 9 heteroatoms. The minimum absolute atomic E-state index is 0.0326. The van der Waals surface area contributed by atoms with Crippen LogP contribution in [0.25, 0.3) is 5.69 Å². The lowest BCUT2D eigenvalue weighted by molar-refractivity contribution is -0.116. The summed E-state index contributed by atoms with van der Waals surface area (Å²) in [5.41, 5.74) is 2.06. The SMILES string of the molecule is COc1ccc(OC)c(C2CC(=O)Nc3c(C(=O)O)cn(-c4cc(OC)ccc4OC)c32)c1. The molecular weight excluding hydrogens is 428 g/mol. The molecular formula is C24H24N2O7. The summed E-state index contributed by atoms with van der Waals surface area (Å²) in [6.45, 7) is 0. The zero-order chi connectivity index (χ0) is 23.7. The summed E-state index contributed by atoms with van der Waals surface area (Å²) < 4.78 is 23.6. The molecule has 1 aliphatic rings. The largest absolute Gasteiger partial charge is 0.497 e. The lowest BCUT2D eigenvalue weighted by atomic mass is 9.87. The van der Waals surface area contributed by atoms with Gasteiger partial charge in [-0.1, -0.05) is 0 Å². The van der Waals surface area contributed by atoms with Gasteiger partial charge in [0.25, 0.3) is 0 Å². The Morgan fingerprint density at radius 2 is 1.61 bits per heavy atom. The number of anilines is 1. The van der Waals surface area contributed by atoms with Gasteiger partial charge in [-0.3, -0.25) is 4.79 Å². The molecule has 0 fully saturated rings. The maximum Gasteiger partial charge on any atom is 0.339 e. The third kappa shape index (κ3) is 3.82. The minimum atomic E-state index is -1.16. The minimum Gasteiger partial charge on any atom is -0.497 e. The third-order valence-corrected chi connectivity index (χ3v) is 5.72. The summed E-state index contributed by atoms with van der Waals surface area (Å²) in [5, 5.41) is 12.6. The highest BCUT2D eigenvalue weighted by Gasteiger charge is 2.36. The van der Waals surface area contributed by atoms with E-state index in [1.165, 1.54) is 13.3 Å². The Morgan fingerprint density at radius 3 is 2.21 bits per heavy atom. The number of nitrogens with one attached hydrogen (secondary N) is 1. The lowest BCUT2D eigenvalue weighted by Crippen LogP contribution is -2.26. The number of ether oxygens (including phenoxy) is 4. The number of aromatic carboxylic acids is 1. The van der Waals surface area contributed by atoms with E-state index in [1.54, 1.807) is 62.3 Å². The van der Waals surface area contributed by atoms with Gasteiger partial charge < -0.3 is 33.9 Å². The fourth-order valence-electron chi connectivity index (χ4n) is 4.18. The molecule has 1 atom stereocenters. The number of carbonyl (C=O) groups excluding carboxylic acids is 1. The van der Waals surface area contributed by atoms with Gasteiger partial charge in [0.2, 0.25) is 5.91 Å². The van der Waals surface area contributed by atoms with Gasteiger partial charge in [-0.2, -0.15) is 0 Å². The molecule has 1 aromatic heterocycles. The maximum absolute atomic E-state index is 12.7. The number of nitrogens with zero attached hydrogens (tertiary/aromatic N) is 1. The summed E-state index contributed by atoms with van der Waals surface area (Å²) in [7, 11) is 6.17. The van der Waals surface area contributed by atoms with Crippen LogP contribution in [0.4, 0.5) is 5.69 Å². The van der Waals surface area contributed by atoms with Crippen LogP contribution in [0.2, 0.25) is 0 Å². The standard InChI is InChI=1S/C24H24N2O7/c1-30-13-5-7-19(32-3)15(9-13)16-11-21(27)25-22-17(24(28)29)12-26(23(16)22)18-10-14(31-2)6-8-20(18)33-4/h5-10,12,16H,11H2,1-4H3,(H,25,27)(H,28,29). The van der Waals surface area contributed by atoms with E-state index in [1.807, 2.05) is 0 Å². The van der Waals surface area contributed by atoms with Crippen LogP contribution >= 0.6 is 0 Å². The molecule has 0 saturated carbocycles. The number of carboxylic acids is 1. The fraction of sp³-hybridized carbons (Fsp3) is 0.250. The number of methoxy groups -OCH3 is 4. The number of carbonyl (C=O) groups is 2. The number of carboxylic acid groups (broad SMARTS) is 1. The second-order valence-electron chi connectivity index (χ2n) is 7.43. The van der Waals surface area contributed by atoms with Crippen LogP contribution < -0.4 is 24.3 Å². The third-order valence-electron chi connectivity index (χ3n) is 5.72. The molecule has 1 unspecified atom stereocenters. The molecule has 0 aliphatic carbocycles. The van der Waals surface area contributed by atoms with Crippen LogP contribution in [0.5, 0.6) is 23.0 Å². The molecule has 2 heterocycles. The fourth-order valence-corrected chi connectivity index (χ4v) is 4.18. The van der Waals surface area contributed by atoms with Crippen molar-refractivity contribution in [3.63, 3.8) is 0 Å². The lowest BCUT2D eigenvalue weighted by Gasteiger charge is -2.28. The van der Waals surface area contributed by atoms with Gasteiger partial charge in [-0.05, 0) is 30.3 Å². The Hall–Kier alpha value is -4.14. The molecule has 0 spiro atoms. The summed E-state index contributed by atoms with van der Waals surface area (Å²) in [6.07, 6.45) is 1.57. The van der Waals surface area contributed by atoms with Gasteiger partial charge in [0.15, 0.2) is 0 Å². The van der Waals surface area contributed by atoms with Crippen molar-refractivity contribution in [2.24, 2.45) is 0 Å². The molecule has 172 valence electrons.